The summed E-state index contributed by atoms with van der Waals surface area (Å²) in [4.78, 5) is 47.0. The van der Waals surface area contributed by atoms with Crippen LogP contribution in [0.2, 0.25) is 0 Å². The minimum Gasteiger partial charge on any atom is -0.299 e. The number of nitrogens with zero attached hydrogens (tertiary/aromatic N) is 1. The van der Waals surface area contributed by atoms with E-state index >= 15 is 0 Å². The highest BCUT2D eigenvalue weighted by Crippen LogP contribution is 2.31. The Labute approximate surface area is 121 Å². The number of barbiturate groups is 1. The number of benzene rings is 1. The summed E-state index contributed by atoms with van der Waals surface area (Å²) in [6, 6.07) is 2.08. The van der Waals surface area contributed by atoms with Gasteiger partial charge in [0, 0.05) is 0 Å². The fourth-order valence-electron chi connectivity index (χ4n) is 1.98. The van der Waals surface area contributed by atoms with Crippen LogP contribution in [0.15, 0.2) is 24.3 Å². The largest absolute Gasteiger partial charge is 0.416 e. The van der Waals surface area contributed by atoms with Crippen LogP contribution in [0.5, 0.6) is 0 Å². The van der Waals surface area contributed by atoms with Gasteiger partial charge in [0.25, 0.3) is 5.91 Å². The third kappa shape index (κ3) is 2.69. The Bertz CT molecular complexity index is 667. The summed E-state index contributed by atoms with van der Waals surface area (Å²) < 4.78 is 37.5. The van der Waals surface area contributed by atoms with Gasteiger partial charge in [-0.05, 0) is 31.2 Å². The molecule has 22 heavy (non-hydrogen) atoms. The first-order valence-electron chi connectivity index (χ1n) is 5.99. The van der Waals surface area contributed by atoms with Crippen LogP contribution in [-0.2, 0) is 20.6 Å². The zero-order valence-corrected chi connectivity index (χ0v) is 11.1. The van der Waals surface area contributed by atoms with Gasteiger partial charge in [0.1, 0.15) is 0 Å². The lowest BCUT2D eigenvalue weighted by Crippen LogP contribution is -2.59. The van der Waals surface area contributed by atoms with Crippen molar-refractivity contribution in [1.29, 1.82) is 0 Å². The number of halogens is 3. The molecule has 1 aromatic carbocycles. The molecular formula is C13H9F3N2O4. The molecule has 0 radical (unpaired) electrons. The van der Waals surface area contributed by atoms with Crippen LogP contribution in [-0.4, -0.2) is 23.6 Å². The van der Waals surface area contributed by atoms with Crippen LogP contribution < -0.4 is 10.2 Å². The number of amides is 4. The third-order valence-electron chi connectivity index (χ3n) is 3.02. The van der Waals surface area contributed by atoms with Gasteiger partial charge in [-0.2, -0.15) is 13.2 Å². The predicted molar refractivity (Wildman–Crippen MR) is 66.6 cm³/mol. The number of rotatable bonds is 2. The second-order valence-corrected chi connectivity index (χ2v) is 4.56. The summed E-state index contributed by atoms with van der Waals surface area (Å²) in [6.07, 6.45) is -4.56. The summed E-state index contributed by atoms with van der Waals surface area (Å²) in [6.45, 7) is 1.00. The number of carbonyl (C=O) groups excluding carboxylic acids is 4. The van der Waals surface area contributed by atoms with Crippen LogP contribution in [0.25, 0.3) is 0 Å². The van der Waals surface area contributed by atoms with Crippen molar-refractivity contribution in [2.24, 2.45) is 5.92 Å². The van der Waals surface area contributed by atoms with Crippen molar-refractivity contribution in [1.82, 2.24) is 5.32 Å². The smallest absolute Gasteiger partial charge is 0.299 e. The van der Waals surface area contributed by atoms with E-state index in [1.807, 2.05) is 5.32 Å². The number of hydrogen-bond donors (Lipinski definition) is 1. The maximum atomic E-state index is 12.5. The zero-order valence-electron chi connectivity index (χ0n) is 11.1. The second kappa shape index (κ2) is 5.24. The highest BCUT2D eigenvalue weighted by atomic mass is 19.4. The lowest BCUT2D eigenvalue weighted by molar-refractivity contribution is -0.140. The molecule has 4 amide bonds. The summed E-state index contributed by atoms with van der Waals surface area (Å²) in [5.74, 6) is -4.61. The molecule has 1 aliphatic rings. The van der Waals surface area contributed by atoms with E-state index in [4.69, 9.17) is 0 Å². The Hall–Kier alpha value is -2.71. The van der Waals surface area contributed by atoms with Gasteiger partial charge >= 0.3 is 12.2 Å². The number of imide groups is 2. The molecule has 0 aromatic heterocycles. The first kappa shape index (κ1) is 15.7. The molecule has 0 unspecified atom stereocenters. The monoisotopic (exact) mass is 314 g/mol. The third-order valence-corrected chi connectivity index (χ3v) is 3.02. The first-order valence-corrected chi connectivity index (χ1v) is 5.99. The van der Waals surface area contributed by atoms with Crippen molar-refractivity contribution in [3.63, 3.8) is 0 Å². The van der Waals surface area contributed by atoms with Gasteiger partial charge in [-0.3, -0.25) is 19.7 Å². The Morgan fingerprint density at radius 1 is 1.14 bits per heavy atom. The Kier molecular flexibility index (Phi) is 3.74. The molecule has 9 heteroatoms. The average molecular weight is 314 g/mol. The van der Waals surface area contributed by atoms with Gasteiger partial charge in [-0.15, -0.1) is 0 Å². The number of urea groups is 1. The number of alkyl halides is 3. The minimum atomic E-state index is -4.56. The average Bonchev–Trinajstić information content (AvgIpc) is 2.37. The molecule has 0 spiro atoms. The number of hydrogen-bond acceptors (Lipinski definition) is 4. The summed E-state index contributed by atoms with van der Waals surface area (Å²) >= 11 is 0. The van der Waals surface area contributed by atoms with Gasteiger partial charge in [0.05, 0.1) is 11.3 Å². The fraction of sp³-hybridized carbons (Fsp3) is 0.231. The van der Waals surface area contributed by atoms with Crippen molar-refractivity contribution in [3.8, 4) is 0 Å². The second-order valence-electron chi connectivity index (χ2n) is 4.56. The van der Waals surface area contributed by atoms with E-state index in [1.54, 1.807) is 0 Å². The highest BCUT2D eigenvalue weighted by Gasteiger charge is 2.44. The lowest BCUT2D eigenvalue weighted by Gasteiger charge is -2.29. The Balaban J connectivity index is 2.38. The summed E-state index contributed by atoms with van der Waals surface area (Å²) in [5.41, 5.74) is -1.13. The molecule has 1 fully saturated rings. The first-order chi connectivity index (χ1) is 10.1. The lowest BCUT2D eigenvalue weighted by atomic mass is 10.00. The van der Waals surface area contributed by atoms with Crippen LogP contribution >= 0.6 is 0 Å². The molecule has 1 atom stereocenters. The molecule has 116 valence electrons. The molecular weight excluding hydrogens is 305 g/mol. The molecule has 1 aliphatic heterocycles. The molecule has 2 rings (SSSR count). The van der Waals surface area contributed by atoms with E-state index < -0.39 is 41.3 Å². The topological polar surface area (TPSA) is 83.6 Å². The van der Waals surface area contributed by atoms with E-state index in [-0.39, 0.29) is 5.69 Å². The van der Waals surface area contributed by atoms with E-state index in [9.17, 15) is 32.3 Å². The van der Waals surface area contributed by atoms with Crippen LogP contribution in [0, 0.1) is 5.92 Å². The van der Waals surface area contributed by atoms with Crippen LogP contribution in [0.3, 0.4) is 0 Å². The number of carbonyl (C=O) groups is 4. The van der Waals surface area contributed by atoms with Crippen molar-refractivity contribution in [3.05, 3.63) is 29.8 Å². The maximum Gasteiger partial charge on any atom is 0.416 e. The maximum absolute atomic E-state index is 12.5. The van der Waals surface area contributed by atoms with Crippen molar-refractivity contribution in [2.75, 3.05) is 4.90 Å². The molecule has 0 aliphatic carbocycles. The molecule has 0 bridgehead atoms. The van der Waals surface area contributed by atoms with Crippen molar-refractivity contribution in [2.45, 2.75) is 13.1 Å². The summed E-state index contributed by atoms with van der Waals surface area (Å²) in [5, 5.41) is 1.82. The van der Waals surface area contributed by atoms with Crippen LogP contribution in [0.1, 0.15) is 12.5 Å². The van der Waals surface area contributed by atoms with Gasteiger partial charge in [0.15, 0.2) is 11.7 Å². The van der Waals surface area contributed by atoms with E-state index in [2.05, 4.69) is 0 Å². The number of nitrogens with one attached hydrogen (secondary N) is 1. The fourth-order valence-corrected chi connectivity index (χ4v) is 1.98. The van der Waals surface area contributed by atoms with Gasteiger partial charge in [0.2, 0.25) is 5.91 Å². The highest BCUT2D eigenvalue weighted by molar-refractivity contribution is 6.34. The number of Topliss-reactive ketones (excluding diaryl/α,β-unsaturated/α-hetero) is 1. The molecule has 1 heterocycles. The Morgan fingerprint density at radius 3 is 2.14 bits per heavy atom. The molecule has 1 aromatic rings. The molecule has 0 saturated carbocycles. The quantitative estimate of drug-likeness (QED) is 0.838. The number of ketones is 1. The van der Waals surface area contributed by atoms with E-state index in [0.29, 0.717) is 17.0 Å². The zero-order chi connectivity index (χ0) is 16.7. The SMILES string of the molecule is CC(=O)[C@@H]1C(=O)NC(=O)N(c2ccc(C(F)(F)F)cc2)C1=O. The standard InChI is InChI=1S/C13H9F3N2O4/c1-6(19)9-10(20)17-12(22)18(11(9)21)8-4-2-7(3-5-8)13(14,15)16/h2-5,9H,1H3,(H,17,20,22)/t9-/m1/s1. The van der Waals surface area contributed by atoms with E-state index in [0.717, 1.165) is 19.1 Å². The van der Waals surface area contributed by atoms with Crippen molar-refractivity contribution >= 4 is 29.3 Å². The van der Waals surface area contributed by atoms with E-state index in [1.165, 1.54) is 0 Å². The predicted octanol–water partition coefficient (Wildman–Crippen LogP) is 1.49. The van der Waals surface area contributed by atoms with Crippen molar-refractivity contribution < 1.29 is 32.3 Å². The molecule has 1 N–H and O–H groups in total. The van der Waals surface area contributed by atoms with Gasteiger partial charge in [-0.25, -0.2) is 9.69 Å². The van der Waals surface area contributed by atoms with Gasteiger partial charge < -0.3 is 0 Å². The van der Waals surface area contributed by atoms with Gasteiger partial charge in [-0.1, -0.05) is 0 Å². The Morgan fingerprint density at radius 2 is 1.68 bits per heavy atom. The molecule has 1 saturated heterocycles. The number of anilines is 1. The molecule has 6 nitrogen and oxygen atoms in total. The summed E-state index contributed by atoms with van der Waals surface area (Å²) in [7, 11) is 0. The minimum absolute atomic E-state index is 0.172. The normalized spacial score (nSPS) is 19.2. The van der Waals surface area contributed by atoms with Crippen LogP contribution in [0.4, 0.5) is 23.7 Å².